The van der Waals surface area contributed by atoms with Crippen LogP contribution in [0.5, 0.6) is 5.75 Å². The number of amides is 1. The maximum atomic E-state index is 13.3. The highest BCUT2D eigenvalue weighted by atomic mass is 35.5. The van der Waals surface area contributed by atoms with Gasteiger partial charge in [-0.3, -0.25) is 4.79 Å². The Morgan fingerprint density at radius 1 is 1.22 bits per heavy atom. The first-order valence-corrected chi connectivity index (χ1v) is 8.78. The van der Waals surface area contributed by atoms with Crippen LogP contribution in [0.3, 0.4) is 0 Å². The van der Waals surface area contributed by atoms with Gasteiger partial charge in [-0.1, -0.05) is 11.6 Å². The molecular weight excluding hydrogens is 314 g/mol. The number of benzene rings is 1. The van der Waals surface area contributed by atoms with Crippen LogP contribution in [-0.2, 0) is 9.53 Å². The topological polar surface area (TPSA) is 38.8 Å². The summed E-state index contributed by atoms with van der Waals surface area (Å²) in [4.78, 5) is 15.4. The van der Waals surface area contributed by atoms with E-state index in [4.69, 9.17) is 21.1 Å². The largest absolute Gasteiger partial charge is 0.493 e. The molecule has 23 heavy (non-hydrogen) atoms. The predicted octanol–water partition coefficient (Wildman–Crippen LogP) is 3.62. The maximum absolute atomic E-state index is 13.3. The van der Waals surface area contributed by atoms with Crippen LogP contribution < -0.4 is 4.74 Å². The Balaban J connectivity index is 1.88. The minimum absolute atomic E-state index is 0.164. The highest BCUT2D eigenvalue weighted by Gasteiger charge is 2.36. The molecular formula is C18H24ClNO3. The summed E-state index contributed by atoms with van der Waals surface area (Å²) >= 11 is 6.14. The van der Waals surface area contributed by atoms with E-state index in [-0.39, 0.29) is 23.9 Å². The fourth-order valence-corrected chi connectivity index (χ4v) is 3.80. The van der Waals surface area contributed by atoms with Gasteiger partial charge in [0.1, 0.15) is 5.75 Å². The van der Waals surface area contributed by atoms with Crippen LogP contribution in [0, 0.1) is 0 Å². The van der Waals surface area contributed by atoms with Crippen molar-refractivity contribution in [2.75, 3.05) is 19.8 Å². The number of nitrogens with zero attached hydrogens (tertiary/aromatic N) is 1. The van der Waals surface area contributed by atoms with E-state index in [0.29, 0.717) is 18.1 Å². The standard InChI is InChI=1S/C18H24ClNO3/c1-12(2)20(14-5-8-22-9-6-14)18(21)15-7-10-23-17-4-3-13(19)11-16(15)17/h3-4,11-12,14-15H,5-10H2,1-2H3/t15-/m0/s1. The zero-order valence-corrected chi connectivity index (χ0v) is 14.5. The lowest BCUT2D eigenvalue weighted by Crippen LogP contribution is -2.49. The normalized spacial score (nSPS) is 21.7. The van der Waals surface area contributed by atoms with Gasteiger partial charge in [0.2, 0.25) is 5.91 Å². The lowest BCUT2D eigenvalue weighted by molar-refractivity contribution is -0.140. The van der Waals surface area contributed by atoms with Gasteiger partial charge in [0, 0.05) is 35.9 Å². The smallest absolute Gasteiger partial charge is 0.230 e. The Labute approximate surface area is 142 Å². The second-order valence-electron chi connectivity index (χ2n) is 6.55. The van der Waals surface area contributed by atoms with Crippen LogP contribution >= 0.6 is 11.6 Å². The van der Waals surface area contributed by atoms with E-state index < -0.39 is 0 Å². The average Bonchev–Trinajstić information content (AvgIpc) is 2.55. The second-order valence-corrected chi connectivity index (χ2v) is 6.99. The van der Waals surface area contributed by atoms with Crippen LogP contribution in [0.2, 0.25) is 5.02 Å². The molecule has 1 aromatic rings. The highest BCUT2D eigenvalue weighted by molar-refractivity contribution is 6.30. The van der Waals surface area contributed by atoms with E-state index in [1.165, 1.54) is 0 Å². The molecule has 0 saturated carbocycles. The zero-order valence-electron chi connectivity index (χ0n) is 13.8. The van der Waals surface area contributed by atoms with E-state index in [1.807, 2.05) is 18.2 Å². The molecule has 1 fully saturated rings. The molecule has 2 aliphatic heterocycles. The number of ether oxygens (including phenoxy) is 2. The number of fused-ring (bicyclic) bond motifs is 1. The van der Waals surface area contributed by atoms with Gasteiger partial charge < -0.3 is 14.4 Å². The number of halogens is 1. The molecule has 0 spiro atoms. The fourth-order valence-electron chi connectivity index (χ4n) is 3.62. The summed E-state index contributed by atoms with van der Waals surface area (Å²) in [5.74, 6) is 0.816. The second kappa shape index (κ2) is 7.10. The Morgan fingerprint density at radius 3 is 2.65 bits per heavy atom. The fraction of sp³-hybridized carbons (Fsp3) is 0.611. The molecule has 1 saturated heterocycles. The average molecular weight is 338 g/mol. The van der Waals surface area contributed by atoms with Gasteiger partial charge in [-0.2, -0.15) is 0 Å². The van der Waals surface area contributed by atoms with E-state index in [0.717, 1.165) is 37.4 Å². The summed E-state index contributed by atoms with van der Waals surface area (Å²) in [5, 5.41) is 0.647. The molecule has 0 radical (unpaired) electrons. The lowest BCUT2D eigenvalue weighted by atomic mass is 9.90. The van der Waals surface area contributed by atoms with E-state index >= 15 is 0 Å². The van der Waals surface area contributed by atoms with Crippen molar-refractivity contribution < 1.29 is 14.3 Å². The van der Waals surface area contributed by atoms with Crippen LogP contribution in [0.1, 0.15) is 44.6 Å². The minimum Gasteiger partial charge on any atom is -0.493 e. The molecule has 4 nitrogen and oxygen atoms in total. The molecule has 0 aliphatic carbocycles. The quantitative estimate of drug-likeness (QED) is 0.845. The number of hydrogen-bond acceptors (Lipinski definition) is 3. The van der Waals surface area contributed by atoms with Crippen molar-refractivity contribution in [3.8, 4) is 5.75 Å². The van der Waals surface area contributed by atoms with Crippen LogP contribution in [0.4, 0.5) is 0 Å². The first-order chi connectivity index (χ1) is 11.1. The summed E-state index contributed by atoms with van der Waals surface area (Å²) in [6, 6.07) is 6.00. The third-order valence-corrected chi connectivity index (χ3v) is 4.94. The highest BCUT2D eigenvalue weighted by Crippen LogP contribution is 2.37. The van der Waals surface area contributed by atoms with Gasteiger partial charge in [-0.15, -0.1) is 0 Å². The number of rotatable bonds is 3. The Kier molecular flexibility index (Phi) is 5.12. The minimum atomic E-state index is -0.164. The van der Waals surface area contributed by atoms with Crippen LogP contribution in [-0.4, -0.2) is 42.7 Å². The van der Waals surface area contributed by atoms with Crippen LogP contribution in [0.25, 0.3) is 0 Å². The van der Waals surface area contributed by atoms with E-state index in [2.05, 4.69) is 18.7 Å². The third kappa shape index (κ3) is 3.48. The number of carbonyl (C=O) groups is 1. The van der Waals surface area contributed by atoms with E-state index in [1.54, 1.807) is 0 Å². The Bertz CT molecular complexity index is 569. The van der Waals surface area contributed by atoms with Gasteiger partial charge in [-0.05, 0) is 51.3 Å². The summed E-state index contributed by atoms with van der Waals surface area (Å²) < 4.78 is 11.1. The van der Waals surface area contributed by atoms with Gasteiger partial charge in [0.25, 0.3) is 0 Å². The Hall–Kier alpha value is -1.26. The zero-order chi connectivity index (χ0) is 16.4. The van der Waals surface area contributed by atoms with Gasteiger partial charge in [-0.25, -0.2) is 0 Å². The summed E-state index contributed by atoms with van der Waals surface area (Å²) in [7, 11) is 0. The summed E-state index contributed by atoms with van der Waals surface area (Å²) in [5.41, 5.74) is 0.923. The van der Waals surface area contributed by atoms with Gasteiger partial charge >= 0.3 is 0 Å². The van der Waals surface area contributed by atoms with Crippen molar-refractivity contribution in [1.29, 1.82) is 0 Å². The number of hydrogen-bond donors (Lipinski definition) is 0. The molecule has 0 N–H and O–H groups in total. The monoisotopic (exact) mass is 337 g/mol. The van der Waals surface area contributed by atoms with Crippen molar-refractivity contribution in [3.63, 3.8) is 0 Å². The predicted molar refractivity (Wildman–Crippen MR) is 90.1 cm³/mol. The van der Waals surface area contributed by atoms with Crippen molar-refractivity contribution in [3.05, 3.63) is 28.8 Å². The van der Waals surface area contributed by atoms with Crippen LogP contribution in [0.15, 0.2) is 18.2 Å². The van der Waals surface area contributed by atoms with Crippen molar-refractivity contribution >= 4 is 17.5 Å². The molecule has 126 valence electrons. The molecule has 0 unspecified atom stereocenters. The molecule has 1 aromatic carbocycles. The molecule has 0 bridgehead atoms. The van der Waals surface area contributed by atoms with Gasteiger partial charge in [0.05, 0.1) is 12.5 Å². The molecule has 1 amide bonds. The summed E-state index contributed by atoms with van der Waals surface area (Å²) in [6.07, 6.45) is 2.53. The summed E-state index contributed by atoms with van der Waals surface area (Å²) in [6.45, 7) is 6.22. The van der Waals surface area contributed by atoms with Crippen molar-refractivity contribution in [2.45, 2.75) is 51.1 Å². The maximum Gasteiger partial charge on any atom is 0.230 e. The van der Waals surface area contributed by atoms with Crippen molar-refractivity contribution in [2.24, 2.45) is 0 Å². The number of carbonyl (C=O) groups excluding carboxylic acids is 1. The third-order valence-electron chi connectivity index (χ3n) is 4.70. The lowest BCUT2D eigenvalue weighted by Gasteiger charge is -2.40. The van der Waals surface area contributed by atoms with E-state index in [9.17, 15) is 4.79 Å². The van der Waals surface area contributed by atoms with Gasteiger partial charge in [0.15, 0.2) is 0 Å². The first-order valence-electron chi connectivity index (χ1n) is 8.40. The molecule has 2 aliphatic rings. The molecule has 3 rings (SSSR count). The van der Waals surface area contributed by atoms with Crippen molar-refractivity contribution in [1.82, 2.24) is 4.90 Å². The first kappa shape index (κ1) is 16.6. The molecule has 2 heterocycles. The molecule has 0 aromatic heterocycles. The SMILES string of the molecule is CC(C)N(C(=O)[C@H]1CCOc2ccc(Cl)cc21)C1CCOCC1. The molecule has 5 heteroatoms. The molecule has 1 atom stereocenters. The Morgan fingerprint density at radius 2 is 1.96 bits per heavy atom.